The zero-order chi connectivity index (χ0) is 12.1. The van der Waals surface area contributed by atoms with Gasteiger partial charge in [-0.25, -0.2) is 0 Å². The van der Waals surface area contributed by atoms with Crippen molar-refractivity contribution in [3.8, 4) is 0 Å². The first-order chi connectivity index (χ1) is 7.54. The van der Waals surface area contributed by atoms with E-state index in [0.29, 0.717) is 12.1 Å². The molecule has 0 aliphatic carbocycles. The first-order valence-corrected chi connectivity index (χ1v) is 5.05. The maximum absolute atomic E-state index is 11.7. The zero-order valence-electron chi connectivity index (χ0n) is 9.30. The molecule has 6 nitrogen and oxygen atoms in total. The molecule has 1 amide bonds. The minimum Gasteiger partial charge on any atom is -0.481 e. The van der Waals surface area contributed by atoms with Crippen molar-refractivity contribution >= 4 is 11.9 Å². The minimum absolute atomic E-state index is 0.0694. The van der Waals surface area contributed by atoms with Gasteiger partial charge in [0.25, 0.3) is 5.91 Å². The largest absolute Gasteiger partial charge is 0.481 e. The predicted molar refractivity (Wildman–Crippen MR) is 57.0 cm³/mol. The van der Waals surface area contributed by atoms with Crippen molar-refractivity contribution in [1.29, 1.82) is 0 Å². The third-order valence-electron chi connectivity index (χ3n) is 2.30. The molecule has 0 aromatic carbocycles. The van der Waals surface area contributed by atoms with Crippen LogP contribution in [-0.4, -0.2) is 32.8 Å². The molecule has 6 heteroatoms. The molecule has 2 N–H and O–H groups in total. The molecule has 88 valence electrons. The minimum atomic E-state index is -0.919. The van der Waals surface area contributed by atoms with Gasteiger partial charge in [0.2, 0.25) is 0 Å². The zero-order valence-corrected chi connectivity index (χ0v) is 9.30. The Bertz CT molecular complexity index is 386. The maximum Gasteiger partial charge on any atom is 0.305 e. The Kier molecular flexibility index (Phi) is 4.04. The number of carbonyl (C=O) groups excluding carboxylic acids is 1. The number of rotatable bonds is 5. The van der Waals surface area contributed by atoms with Crippen LogP contribution in [0.2, 0.25) is 0 Å². The summed E-state index contributed by atoms with van der Waals surface area (Å²) in [5.74, 6) is -1.22. The van der Waals surface area contributed by atoms with Gasteiger partial charge in [-0.3, -0.25) is 14.3 Å². The van der Waals surface area contributed by atoms with Gasteiger partial charge in [0.05, 0.1) is 6.42 Å². The van der Waals surface area contributed by atoms with Crippen LogP contribution in [0.3, 0.4) is 0 Å². The summed E-state index contributed by atoms with van der Waals surface area (Å²) < 4.78 is 1.45. The number of hydrogen-bond acceptors (Lipinski definition) is 3. The van der Waals surface area contributed by atoms with E-state index in [1.807, 2.05) is 6.92 Å². The smallest absolute Gasteiger partial charge is 0.305 e. The number of nitrogens with one attached hydrogen (secondary N) is 1. The monoisotopic (exact) mass is 225 g/mol. The molecule has 0 spiro atoms. The highest BCUT2D eigenvalue weighted by molar-refractivity contribution is 5.92. The summed E-state index contributed by atoms with van der Waals surface area (Å²) in [5.41, 5.74) is 0.420. The second-order valence-corrected chi connectivity index (χ2v) is 3.52. The summed E-state index contributed by atoms with van der Waals surface area (Å²) >= 11 is 0. The van der Waals surface area contributed by atoms with Crippen molar-refractivity contribution in [3.63, 3.8) is 0 Å². The number of carboxylic acids is 1. The van der Waals surface area contributed by atoms with Crippen molar-refractivity contribution in [2.24, 2.45) is 7.05 Å². The van der Waals surface area contributed by atoms with Gasteiger partial charge in [-0.1, -0.05) is 6.92 Å². The van der Waals surface area contributed by atoms with Crippen molar-refractivity contribution < 1.29 is 14.7 Å². The first kappa shape index (κ1) is 12.2. The van der Waals surface area contributed by atoms with Gasteiger partial charge >= 0.3 is 5.97 Å². The Hall–Kier alpha value is -1.85. The van der Waals surface area contributed by atoms with Gasteiger partial charge in [-0.2, -0.15) is 5.10 Å². The third-order valence-corrected chi connectivity index (χ3v) is 2.30. The average molecular weight is 225 g/mol. The van der Waals surface area contributed by atoms with Crippen LogP contribution in [0.4, 0.5) is 0 Å². The van der Waals surface area contributed by atoms with E-state index in [-0.39, 0.29) is 18.4 Å². The highest BCUT2D eigenvalue weighted by Crippen LogP contribution is 2.01. The Morgan fingerprint density at radius 2 is 2.31 bits per heavy atom. The molecule has 16 heavy (non-hydrogen) atoms. The van der Waals surface area contributed by atoms with E-state index in [2.05, 4.69) is 10.4 Å². The lowest BCUT2D eigenvalue weighted by molar-refractivity contribution is -0.137. The topological polar surface area (TPSA) is 84.2 Å². The van der Waals surface area contributed by atoms with Gasteiger partial charge in [-0.05, 0) is 12.5 Å². The molecule has 1 rings (SSSR count). The Morgan fingerprint density at radius 1 is 1.62 bits per heavy atom. The fourth-order valence-corrected chi connectivity index (χ4v) is 1.36. The predicted octanol–water partition coefficient (Wildman–Crippen LogP) is 0.403. The number of hydrogen-bond donors (Lipinski definition) is 2. The molecule has 1 unspecified atom stereocenters. The fourth-order valence-electron chi connectivity index (χ4n) is 1.36. The van der Waals surface area contributed by atoms with Crippen molar-refractivity contribution in [1.82, 2.24) is 15.1 Å². The lowest BCUT2D eigenvalue weighted by atomic mass is 10.1. The number of nitrogens with zero attached hydrogens (tertiary/aromatic N) is 2. The van der Waals surface area contributed by atoms with Crippen LogP contribution in [0.15, 0.2) is 12.3 Å². The summed E-state index contributed by atoms with van der Waals surface area (Å²) in [5, 5.41) is 15.2. The summed E-state index contributed by atoms with van der Waals surface area (Å²) in [6.45, 7) is 1.83. The highest BCUT2D eigenvalue weighted by atomic mass is 16.4. The van der Waals surface area contributed by atoms with Crippen LogP contribution in [0.25, 0.3) is 0 Å². The Balaban J connectivity index is 2.62. The van der Waals surface area contributed by atoms with Crippen LogP contribution in [-0.2, 0) is 11.8 Å². The quantitative estimate of drug-likeness (QED) is 0.759. The van der Waals surface area contributed by atoms with Gasteiger partial charge < -0.3 is 10.4 Å². The maximum atomic E-state index is 11.7. The molecule has 1 aromatic heterocycles. The molecular weight excluding hydrogens is 210 g/mol. The van der Waals surface area contributed by atoms with Crippen LogP contribution >= 0.6 is 0 Å². The van der Waals surface area contributed by atoms with E-state index < -0.39 is 5.97 Å². The van der Waals surface area contributed by atoms with Gasteiger partial charge in [0, 0.05) is 19.3 Å². The van der Waals surface area contributed by atoms with E-state index in [4.69, 9.17) is 5.11 Å². The van der Waals surface area contributed by atoms with Crippen LogP contribution in [0.1, 0.15) is 30.3 Å². The van der Waals surface area contributed by atoms with Crippen molar-refractivity contribution in [2.45, 2.75) is 25.8 Å². The number of carboxylic acid groups (broad SMARTS) is 1. The number of aromatic nitrogens is 2. The molecule has 0 bridgehead atoms. The lowest BCUT2D eigenvalue weighted by Crippen LogP contribution is -2.36. The van der Waals surface area contributed by atoms with E-state index in [1.54, 1.807) is 13.1 Å². The summed E-state index contributed by atoms with van der Waals surface area (Å²) in [7, 11) is 1.66. The standard InChI is InChI=1S/C10H15N3O3/c1-3-7(6-9(14)15)12-10(16)8-4-5-11-13(8)2/h4-5,7H,3,6H2,1-2H3,(H,12,16)(H,14,15). The highest BCUT2D eigenvalue weighted by Gasteiger charge is 2.16. The molecule has 1 atom stereocenters. The SMILES string of the molecule is CCC(CC(=O)O)NC(=O)c1ccnn1C. The molecule has 0 saturated heterocycles. The molecule has 0 aliphatic rings. The van der Waals surface area contributed by atoms with E-state index in [0.717, 1.165) is 0 Å². The van der Waals surface area contributed by atoms with E-state index in [9.17, 15) is 9.59 Å². The van der Waals surface area contributed by atoms with E-state index in [1.165, 1.54) is 10.9 Å². The normalized spacial score (nSPS) is 12.1. The third kappa shape index (κ3) is 3.08. The molecule has 0 fully saturated rings. The van der Waals surface area contributed by atoms with Crippen molar-refractivity contribution in [2.75, 3.05) is 0 Å². The van der Waals surface area contributed by atoms with Crippen LogP contribution < -0.4 is 5.32 Å². The van der Waals surface area contributed by atoms with Gasteiger partial charge in [0.15, 0.2) is 0 Å². The molecule has 0 saturated carbocycles. The van der Waals surface area contributed by atoms with Gasteiger partial charge in [0.1, 0.15) is 5.69 Å². The lowest BCUT2D eigenvalue weighted by Gasteiger charge is -2.14. The Morgan fingerprint density at radius 3 is 2.75 bits per heavy atom. The summed E-state index contributed by atoms with van der Waals surface area (Å²) in [6, 6.07) is 1.24. The molecular formula is C10H15N3O3. The summed E-state index contributed by atoms with van der Waals surface area (Å²) in [4.78, 5) is 22.2. The molecule has 0 aliphatic heterocycles. The number of aliphatic carboxylic acids is 1. The Labute approximate surface area is 93.3 Å². The second kappa shape index (κ2) is 5.29. The van der Waals surface area contributed by atoms with Gasteiger partial charge in [-0.15, -0.1) is 0 Å². The average Bonchev–Trinajstić information content (AvgIpc) is 2.62. The fraction of sp³-hybridized carbons (Fsp3) is 0.500. The second-order valence-electron chi connectivity index (χ2n) is 3.52. The molecule has 0 radical (unpaired) electrons. The van der Waals surface area contributed by atoms with Crippen molar-refractivity contribution in [3.05, 3.63) is 18.0 Å². The number of aryl methyl sites for hydroxylation is 1. The first-order valence-electron chi connectivity index (χ1n) is 5.05. The van der Waals surface area contributed by atoms with Crippen LogP contribution in [0.5, 0.6) is 0 Å². The van der Waals surface area contributed by atoms with E-state index >= 15 is 0 Å². The number of amides is 1. The summed E-state index contributed by atoms with van der Waals surface area (Å²) in [6.07, 6.45) is 2.03. The van der Waals surface area contributed by atoms with Crippen LogP contribution in [0, 0.1) is 0 Å². The molecule has 1 heterocycles. The molecule has 1 aromatic rings. The number of carbonyl (C=O) groups is 2.